The second-order valence-corrected chi connectivity index (χ2v) is 2.98. The van der Waals surface area contributed by atoms with Gasteiger partial charge in [-0.3, -0.25) is 4.90 Å². The number of hydrogen-bond donors (Lipinski definition) is 1. The SMILES string of the molecule is CCC(CN)N(CC)CC(F)(F)F. The van der Waals surface area contributed by atoms with Crippen LogP contribution in [0.25, 0.3) is 0 Å². The summed E-state index contributed by atoms with van der Waals surface area (Å²) in [5, 5.41) is 0. The van der Waals surface area contributed by atoms with Gasteiger partial charge in [0.2, 0.25) is 0 Å². The molecule has 2 nitrogen and oxygen atoms in total. The van der Waals surface area contributed by atoms with Crippen molar-refractivity contribution in [1.82, 2.24) is 4.90 Å². The second-order valence-electron chi connectivity index (χ2n) is 2.98. The Bertz CT molecular complexity index is 132. The molecule has 80 valence electrons. The number of alkyl halides is 3. The summed E-state index contributed by atoms with van der Waals surface area (Å²) in [7, 11) is 0. The van der Waals surface area contributed by atoms with E-state index in [2.05, 4.69) is 0 Å². The minimum absolute atomic E-state index is 0.161. The molecule has 0 fully saturated rings. The molecule has 0 aromatic rings. The lowest BCUT2D eigenvalue weighted by atomic mass is 10.2. The Balaban J connectivity index is 4.15. The Morgan fingerprint density at radius 2 is 1.85 bits per heavy atom. The van der Waals surface area contributed by atoms with Crippen LogP contribution in [0.2, 0.25) is 0 Å². The van der Waals surface area contributed by atoms with E-state index in [0.29, 0.717) is 13.0 Å². The Morgan fingerprint density at radius 3 is 2.08 bits per heavy atom. The highest BCUT2D eigenvalue weighted by atomic mass is 19.4. The van der Waals surface area contributed by atoms with E-state index in [9.17, 15) is 13.2 Å². The fourth-order valence-corrected chi connectivity index (χ4v) is 1.30. The van der Waals surface area contributed by atoms with Gasteiger partial charge in [0.05, 0.1) is 6.54 Å². The molecule has 0 spiro atoms. The molecular formula is C8H17F3N2. The smallest absolute Gasteiger partial charge is 0.329 e. The van der Waals surface area contributed by atoms with Crippen LogP contribution in [0, 0.1) is 0 Å². The summed E-state index contributed by atoms with van der Waals surface area (Å²) in [6, 6.07) is -0.161. The van der Waals surface area contributed by atoms with Gasteiger partial charge in [0.1, 0.15) is 0 Å². The molecule has 1 unspecified atom stereocenters. The van der Waals surface area contributed by atoms with Gasteiger partial charge < -0.3 is 5.73 Å². The molecule has 0 aromatic heterocycles. The number of nitrogens with two attached hydrogens (primary N) is 1. The van der Waals surface area contributed by atoms with Crippen molar-refractivity contribution < 1.29 is 13.2 Å². The van der Waals surface area contributed by atoms with Gasteiger partial charge in [-0.15, -0.1) is 0 Å². The maximum absolute atomic E-state index is 12.0. The lowest BCUT2D eigenvalue weighted by Crippen LogP contribution is -2.45. The molecule has 13 heavy (non-hydrogen) atoms. The molecule has 0 saturated heterocycles. The molecule has 1 atom stereocenters. The molecule has 0 aliphatic carbocycles. The third-order valence-corrected chi connectivity index (χ3v) is 2.05. The van der Waals surface area contributed by atoms with Crippen molar-refractivity contribution >= 4 is 0 Å². The van der Waals surface area contributed by atoms with E-state index in [1.165, 1.54) is 4.90 Å². The number of hydrogen-bond acceptors (Lipinski definition) is 2. The zero-order chi connectivity index (χ0) is 10.5. The maximum Gasteiger partial charge on any atom is 0.401 e. The normalized spacial score (nSPS) is 15.0. The van der Waals surface area contributed by atoms with Gasteiger partial charge in [-0.2, -0.15) is 13.2 Å². The summed E-state index contributed by atoms with van der Waals surface area (Å²) in [4.78, 5) is 1.36. The van der Waals surface area contributed by atoms with Crippen LogP contribution in [0.3, 0.4) is 0 Å². The van der Waals surface area contributed by atoms with Crippen LogP contribution in [0.5, 0.6) is 0 Å². The first-order valence-corrected chi connectivity index (χ1v) is 4.45. The highest BCUT2D eigenvalue weighted by Gasteiger charge is 2.32. The van der Waals surface area contributed by atoms with Crippen molar-refractivity contribution in [3.63, 3.8) is 0 Å². The molecule has 2 N–H and O–H groups in total. The highest BCUT2D eigenvalue weighted by Crippen LogP contribution is 2.18. The molecule has 0 saturated carbocycles. The standard InChI is InChI=1S/C8H17F3N2/c1-3-7(5-12)13(4-2)6-8(9,10)11/h7H,3-6,12H2,1-2H3. The molecule has 0 aliphatic heterocycles. The monoisotopic (exact) mass is 198 g/mol. The van der Waals surface area contributed by atoms with Crippen LogP contribution >= 0.6 is 0 Å². The third-order valence-electron chi connectivity index (χ3n) is 2.05. The van der Waals surface area contributed by atoms with Crippen LogP contribution in [0.4, 0.5) is 13.2 Å². The number of halogens is 3. The van der Waals surface area contributed by atoms with E-state index < -0.39 is 12.7 Å². The minimum Gasteiger partial charge on any atom is -0.329 e. The summed E-state index contributed by atoms with van der Waals surface area (Å²) in [6.07, 6.45) is -3.47. The number of likely N-dealkylation sites (N-methyl/N-ethyl adjacent to an activating group) is 1. The van der Waals surface area contributed by atoms with E-state index in [4.69, 9.17) is 5.73 Å². The lowest BCUT2D eigenvalue weighted by molar-refractivity contribution is -0.150. The lowest BCUT2D eigenvalue weighted by Gasteiger charge is -2.29. The minimum atomic E-state index is -4.13. The first-order valence-electron chi connectivity index (χ1n) is 4.45. The highest BCUT2D eigenvalue weighted by molar-refractivity contribution is 4.72. The van der Waals surface area contributed by atoms with Crippen LogP contribution in [0.15, 0.2) is 0 Å². The Hall–Kier alpha value is -0.290. The van der Waals surface area contributed by atoms with E-state index in [0.717, 1.165) is 0 Å². The van der Waals surface area contributed by atoms with E-state index in [-0.39, 0.29) is 12.6 Å². The first-order chi connectivity index (χ1) is 5.94. The predicted octanol–water partition coefficient (Wildman–Crippen LogP) is 1.61. The second kappa shape index (κ2) is 5.44. The fraction of sp³-hybridized carbons (Fsp3) is 1.00. The van der Waals surface area contributed by atoms with Gasteiger partial charge in [0.15, 0.2) is 0 Å². The molecule has 0 radical (unpaired) electrons. The Labute approximate surface area is 76.9 Å². The van der Waals surface area contributed by atoms with Gasteiger partial charge >= 0.3 is 6.18 Å². The van der Waals surface area contributed by atoms with Crippen molar-refractivity contribution in [1.29, 1.82) is 0 Å². The number of rotatable bonds is 5. The molecule has 0 aliphatic rings. The van der Waals surface area contributed by atoms with Crippen LogP contribution < -0.4 is 5.73 Å². The molecule has 0 bridgehead atoms. The summed E-state index contributed by atoms with van der Waals surface area (Å²) in [6.45, 7) is 3.36. The summed E-state index contributed by atoms with van der Waals surface area (Å²) >= 11 is 0. The Kier molecular flexibility index (Phi) is 5.32. The average Bonchev–Trinajstić information content (AvgIpc) is 2.02. The molecular weight excluding hydrogens is 181 g/mol. The summed E-state index contributed by atoms with van der Waals surface area (Å²) < 4.78 is 36.1. The summed E-state index contributed by atoms with van der Waals surface area (Å²) in [5.74, 6) is 0. The third kappa shape index (κ3) is 5.10. The molecule has 0 heterocycles. The Morgan fingerprint density at radius 1 is 1.31 bits per heavy atom. The molecule has 0 aromatic carbocycles. The van der Waals surface area contributed by atoms with Crippen LogP contribution in [-0.2, 0) is 0 Å². The zero-order valence-corrected chi connectivity index (χ0v) is 8.06. The molecule has 5 heteroatoms. The van der Waals surface area contributed by atoms with E-state index in [1.807, 2.05) is 6.92 Å². The van der Waals surface area contributed by atoms with Crippen molar-refractivity contribution in [2.75, 3.05) is 19.6 Å². The van der Waals surface area contributed by atoms with Gasteiger partial charge in [-0.05, 0) is 13.0 Å². The van der Waals surface area contributed by atoms with Gasteiger partial charge in [0, 0.05) is 12.6 Å². The molecule has 0 amide bonds. The van der Waals surface area contributed by atoms with Gasteiger partial charge in [-0.25, -0.2) is 0 Å². The van der Waals surface area contributed by atoms with E-state index in [1.54, 1.807) is 6.92 Å². The van der Waals surface area contributed by atoms with Gasteiger partial charge in [0.25, 0.3) is 0 Å². The fourth-order valence-electron chi connectivity index (χ4n) is 1.30. The summed E-state index contributed by atoms with van der Waals surface area (Å²) in [5.41, 5.74) is 5.37. The zero-order valence-electron chi connectivity index (χ0n) is 8.06. The topological polar surface area (TPSA) is 29.3 Å². The van der Waals surface area contributed by atoms with Crippen molar-refractivity contribution in [2.24, 2.45) is 5.73 Å². The predicted molar refractivity (Wildman–Crippen MR) is 46.4 cm³/mol. The van der Waals surface area contributed by atoms with Crippen molar-refractivity contribution in [2.45, 2.75) is 32.5 Å². The van der Waals surface area contributed by atoms with Crippen LogP contribution in [-0.4, -0.2) is 36.8 Å². The maximum atomic E-state index is 12.0. The first kappa shape index (κ1) is 12.7. The quantitative estimate of drug-likeness (QED) is 0.727. The van der Waals surface area contributed by atoms with Crippen LogP contribution in [0.1, 0.15) is 20.3 Å². The molecule has 0 rings (SSSR count). The largest absolute Gasteiger partial charge is 0.401 e. The average molecular weight is 198 g/mol. The van der Waals surface area contributed by atoms with Crippen molar-refractivity contribution in [3.8, 4) is 0 Å². The van der Waals surface area contributed by atoms with Gasteiger partial charge in [-0.1, -0.05) is 13.8 Å². The number of nitrogens with zero attached hydrogens (tertiary/aromatic N) is 1. The van der Waals surface area contributed by atoms with E-state index >= 15 is 0 Å². The van der Waals surface area contributed by atoms with Crippen molar-refractivity contribution in [3.05, 3.63) is 0 Å².